The molecular formula is C34H26ClF2N3O3S. The van der Waals surface area contributed by atoms with E-state index in [4.69, 9.17) is 21.3 Å². The maximum absolute atomic E-state index is 14.2. The van der Waals surface area contributed by atoms with Crippen LogP contribution in [0.1, 0.15) is 41.0 Å². The van der Waals surface area contributed by atoms with Crippen LogP contribution in [0.25, 0.3) is 17.5 Å². The van der Waals surface area contributed by atoms with E-state index in [1.807, 2.05) is 54.8 Å². The minimum absolute atomic E-state index is 0.0114. The summed E-state index contributed by atoms with van der Waals surface area (Å²) < 4.78 is 37.1. The molecule has 1 aliphatic heterocycles. The number of carbonyl (C=O) groups excluding carboxylic acids is 1. The summed E-state index contributed by atoms with van der Waals surface area (Å²) in [6.07, 6.45) is 1.78. The lowest BCUT2D eigenvalue weighted by atomic mass is 9.93. The largest absolute Gasteiger partial charge is 0.463 e. The van der Waals surface area contributed by atoms with Gasteiger partial charge in [-0.2, -0.15) is 0 Å². The predicted molar refractivity (Wildman–Crippen MR) is 168 cm³/mol. The molecule has 5 aromatic rings. The van der Waals surface area contributed by atoms with Gasteiger partial charge in [-0.15, -0.1) is 0 Å². The van der Waals surface area contributed by atoms with Crippen LogP contribution < -0.4 is 14.9 Å². The number of carbonyl (C=O) groups is 1. The molecule has 0 fully saturated rings. The van der Waals surface area contributed by atoms with Crippen molar-refractivity contribution >= 4 is 40.7 Å². The molecule has 0 N–H and O–H groups in total. The number of aryl methyl sites for hydroxylation is 1. The van der Waals surface area contributed by atoms with Gasteiger partial charge in [0.05, 0.1) is 33.5 Å². The number of ether oxygens (including phenoxy) is 1. The molecule has 3 aromatic carbocycles. The summed E-state index contributed by atoms with van der Waals surface area (Å²) in [5, 5.41) is 0.0114. The standard InChI is InChI=1S/C34H26ClF2N3O3S/c1-4-43-33(42)29-30(21-8-6-5-7-9-21)38-34-40(31(29)22-10-12-24(36)13-11-22)32(41)28(44-34)17-23-16-19(2)39(20(23)3)25-14-15-27(37)26(35)18-25/h5-18,31H,4H2,1-3H3/b28-17+/t31-/m0/s1. The number of aromatic nitrogens is 2. The molecule has 0 amide bonds. The van der Waals surface area contributed by atoms with Crippen LogP contribution in [0.15, 0.2) is 94.2 Å². The molecule has 2 aromatic heterocycles. The van der Waals surface area contributed by atoms with E-state index in [9.17, 15) is 18.4 Å². The van der Waals surface area contributed by atoms with Gasteiger partial charge in [-0.05, 0) is 74.4 Å². The topological polar surface area (TPSA) is 65.6 Å². The van der Waals surface area contributed by atoms with E-state index in [0.29, 0.717) is 31.8 Å². The van der Waals surface area contributed by atoms with E-state index in [1.165, 1.54) is 34.1 Å². The number of benzene rings is 3. The van der Waals surface area contributed by atoms with Gasteiger partial charge < -0.3 is 9.30 Å². The number of esters is 1. The molecule has 6 rings (SSSR count). The first kappa shape index (κ1) is 29.5. The summed E-state index contributed by atoms with van der Waals surface area (Å²) in [6, 6.07) is 20.5. The van der Waals surface area contributed by atoms with Crippen molar-refractivity contribution in [2.75, 3.05) is 6.61 Å². The van der Waals surface area contributed by atoms with Crippen molar-refractivity contribution in [3.05, 3.63) is 149 Å². The van der Waals surface area contributed by atoms with E-state index < -0.39 is 23.6 Å². The van der Waals surface area contributed by atoms with Gasteiger partial charge in [0.25, 0.3) is 5.56 Å². The van der Waals surface area contributed by atoms with E-state index in [0.717, 1.165) is 17.0 Å². The normalized spacial score (nSPS) is 14.9. The molecule has 1 atom stereocenters. The summed E-state index contributed by atoms with van der Waals surface area (Å²) in [5.41, 5.74) is 4.60. The Labute approximate surface area is 260 Å². The molecule has 0 radical (unpaired) electrons. The molecule has 0 aliphatic carbocycles. The second-order valence-electron chi connectivity index (χ2n) is 10.2. The first-order chi connectivity index (χ1) is 21.2. The number of hydrogen-bond acceptors (Lipinski definition) is 5. The van der Waals surface area contributed by atoms with E-state index in [1.54, 1.807) is 37.3 Å². The zero-order valence-electron chi connectivity index (χ0n) is 24.0. The van der Waals surface area contributed by atoms with E-state index >= 15 is 0 Å². The average Bonchev–Trinajstić information content (AvgIpc) is 3.48. The molecule has 3 heterocycles. The first-order valence-electron chi connectivity index (χ1n) is 13.9. The predicted octanol–water partition coefficient (Wildman–Crippen LogP) is 6.27. The zero-order chi connectivity index (χ0) is 31.1. The van der Waals surface area contributed by atoms with Crippen molar-refractivity contribution < 1.29 is 18.3 Å². The lowest BCUT2D eigenvalue weighted by molar-refractivity contribution is -0.138. The Bertz CT molecular complexity index is 2130. The summed E-state index contributed by atoms with van der Waals surface area (Å²) in [6.45, 7) is 5.65. The van der Waals surface area contributed by atoms with Gasteiger partial charge in [-0.25, -0.2) is 18.6 Å². The van der Waals surface area contributed by atoms with Crippen LogP contribution >= 0.6 is 22.9 Å². The lowest BCUT2D eigenvalue weighted by Crippen LogP contribution is -2.40. The summed E-state index contributed by atoms with van der Waals surface area (Å²) in [4.78, 5) is 32.9. The van der Waals surface area contributed by atoms with Crippen molar-refractivity contribution in [1.82, 2.24) is 9.13 Å². The molecule has 222 valence electrons. The smallest absolute Gasteiger partial charge is 0.338 e. The van der Waals surface area contributed by atoms with Gasteiger partial charge in [-0.3, -0.25) is 9.36 Å². The highest BCUT2D eigenvalue weighted by molar-refractivity contribution is 7.07. The van der Waals surface area contributed by atoms with Crippen LogP contribution in [0.2, 0.25) is 5.02 Å². The van der Waals surface area contributed by atoms with Gasteiger partial charge in [0.15, 0.2) is 4.80 Å². The number of nitrogens with zero attached hydrogens (tertiary/aromatic N) is 3. The minimum Gasteiger partial charge on any atom is -0.463 e. The van der Waals surface area contributed by atoms with Crippen LogP contribution in [0, 0.1) is 25.5 Å². The SMILES string of the molecule is CCOC(=O)C1=C(c2ccccc2)N=c2s/c(=C/c3cc(C)n(-c4ccc(F)c(Cl)c4)c3C)c(=O)n2[C@H]1c1ccc(F)cc1. The summed E-state index contributed by atoms with van der Waals surface area (Å²) in [5.74, 6) is -1.56. The molecule has 0 spiro atoms. The molecule has 0 saturated heterocycles. The fourth-order valence-corrected chi connectivity index (χ4v) is 6.66. The molecular weight excluding hydrogens is 604 g/mol. The van der Waals surface area contributed by atoms with Gasteiger partial charge in [0.2, 0.25) is 0 Å². The van der Waals surface area contributed by atoms with Crippen molar-refractivity contribution in [3.63, 3.8) is 0 Å². The highest BCUT2D eigenvalue weighted by Gasteiger charge is 2.35. The average molecular weight is 630 g/mol. The third-order valence-electron chi connectivity index (χ3n) is 7.48. The molecule has 0 unspecified atom stereocenters. The lowest BCUT2D eigenvalue weighted by Gasteiger charge is -2.25. The van der Waals surface area contributed by atoms with Gasteiger partial charge in [0, 0.05) is 22.6 Å². The second kappa shape index (κ2) is 11.8. The Kier molecular flexibility index (Phi) is 7.92. The minimum atomic E-state index is -0.906. The molecule has 1 aliphatic rings. The summed E-state index contributed by atoms with van der Waals surface area (Å²) >= 11 is 7.26. The number of fused-ring (bicyclic) bond motifs is 1. The zero-order valence-corrected chi connectivity index (χ0v) is 25.5. The van der Waals surface area contributed by atoms with Crippen molar-refractivity contribution in [1.29, 1.82) is 0 Å². The Morgan fingerprint density at radius 2 is 1.77 bits per heavy atom. The van der Waals surface area contributed by atoms with Gasteiger partial charge in [-0.1, -0.05) is 65.4 Å². The van der Waals surface area contributed by atoms with Crippen molar-refractivity contribution in [3.8, 4) is 5.69 Å². The second-order valence-corrected chi connectivity index (χ2v) is 11.7. The molecule has 0 saturated carbocycles. The van der Waals surface area contributed by atoms with Crippen molar-refractivity contribution in [2.45, 2.75) is 26.8 Å². The van der Waals surface area contributed by atoms with Crippen LogP contribution in [0.4, 0.5) is 8.78 Å². The Morgan fingerprint density at radius 1 is 1.05 bits per heavy atom. The van der Waals surface area contributed by atoms with Crippen molar-refractivity contribution in [2.24, 2.45) is 4.99 Å². The molecule has 0 bridgehead atoms. The van der Waals surface area contributed by atoms with Crippen LogP contribution in [0.5, 0.6) is 0 Å². The summed E-state index contributed by atoms with van der Waals surface area (Å²) in [7, 11) is 0. The first-order valence-corrected chi connectivity index (χ1v) is 15.1. The monoisotopic (exact) mass is 629 g/mol. The molecule has 44 heavy (non-hydrogen) atoms. The van der Waals surface area contributed by atoms with E-state index in [2.05, 4.69) is 0 Å². The quantitative estimate of drug-likeness (QED) is 0.208. The fraction of sp³-hybridized carbons (Fsp3) is 0.147. The number of halogens is 3. The number of rotatable bonds is 6. The Balaban J connectivity index is 1.59. The Morgan fingerprint density at radius 3 is 2.45 bits per heavy atom. The Hall–Kier alpha value is -4.60. The number of hydrogen-bond donors (Lipinski definition) is 0. The van der Waals surface area contributed by atoms with Gasteiger partial charge >= 0.3 is 5.97 Å². The maximum Gasteiger partial charge on any atom is 0.338 e. The third kappa shape index (κ3) is 5.22. The fourth-order valence-electron chi connectivity index (χ4n) is 5.50. The number of thiazole rings is 1. The van der Waals surface area contributed by atoms with Gasteiger partial charge in [0.1, 0.15) is 11.6 Å². The third-order valence-corrected chi connectivity index (χ3v) is 8.75. The highest BCUT2D eigenvalue weighted by Crippen LogP contribution is 2.35. The molecule has 6 nitrogen and oxygen atoms in total. The highest BCUT2D eigenvalue weighted by atomic mass is 35.5. The van der Waals surface area contributed by atoms with Crippen LogP contribution in [-0.4, -0.2) is 21.7 Å². The molecule has 10 heteroatoms. The van der Waals surface area contributed by atoms with E-state index in [-0.39, 0.29) is 22.8 Å². The van der Waals surface area contributed by atoms with Crippen LogP contribution in [0.3, 0.4) is 0 Å². The van der Waals surface area contributed by atoms with Crippen LogP contribution in [-0.2, 0) is 9.53 Å². The maximum atomic E-state index is 14.2.